The van der Waals surface area contributed by atoms with Gasteiger partial charge in [0.2, 0.25) is 0 Å². The van der Waals surface area contributed by atoms with Gasteiger partial charge < -0.3 is 4.90 Å². The van der Waals surface area contributed by atoms with Crippen LogP contribution in [0.2, 0.25) is 0 Å². The molecule has 1 unspecified atom stereocenters. The molecule has 1 atom stereocenters. The van der Waals surface area contributed by atoms with Crippen molar-refractivity contribution in [2.75, 3.05) is 19.6 Å². The summed E-state index contributed by atoms with van der Waals surface area (Å²) in [6.45, 7) is 37.5. The number of benzene rings is 1. The van der Waals surface area contributed by atoms with E-state index in [-0.39, 0.29) is 0 Å². The van der Waals surface area contributed by atoms with Gasteiger partial charge in [-0.15, -0.1) is 0 Å². The summed E-state index contributed by atoms with van der Waals surface area (Å²) in [5.41, 5.74) is 7.39. The molecule has 0 N–H and O–H groups in total. The highest BCUT2D eigenvalue weighted by Crippen LogP contribution is 2.16. The summed E-state index contributed by atoms with van der Waals surface area (Å²) in [4.78, 5) is 6.67. The Labute approximate surface area is 247 Å². The third kappa shape index (κ3) is 26.3. The van der Waals surface area contributed by atoms with Crippen molar-refractivity contribution in [1.82, 2.24) is 4.90 Å². The normalized spacial score (nSPS) is 14.4. The second kappa shape index (κ2) is 27.9. The molecule has 39 heavy (non-hydrogen) atoms. The van der Waals surface area contributed by atoms with E-state index in [9.17, 15) is 0 Å². The maximum Gasteiger partial charge on any atom is 0.0374 e. The van der Waals surface area contributed by atoms with Gasteiger partial charge in [0.1, 0.15) is 0 Å². The van der Waals surface area contributed by atoms with Gasteiger partial charge in [-0.2, -0.15) is 0 Å². The van der Waals surface area contributed by atoms with E-state index < -0.39 is 0 Å². The molecule has 0 saturated carbocycles. The molecule has 0 aliphatic carbocycles. The van der Waals surface area contributed by atoms with Crippen LogP contribution in [0.1, 0.15) is 138 Å². The van der Waals surface area contributed by atoms with Crippen LogP contribution in [0.5, 0.6) is 0 Å². The maximum atomic E-state index is 4.16. The van der Waals surface area contributed by atoms with Crippen LogP contribution >= 0.6 is 0 Å². The second-order valence-corrected chi connectivity index (χ2v) is 11.1. The van der Waals surface area contributed by atoms with E-state index in [1.165, 1.54) is 80.4 Å². The molecule has 1 fully saturated rings. The standard InChI is InChI=1S/C10H14.C9H15N.C9H20.C7H15N.C2H6/c1-4-10-7-8(2)5-6-9(10)3;1-7(2)6-9(5)10-8(3)4;1-4-7-9(6-3)8-5-2;1-3-8-5-4-7(2)6-8;1-2/h5-7H,4H2,1-3H3;6H,3H2,1-2,4-5H3;9H,4-8H2,1-3H3;7H,3-6H2,1-2H3;1-2H3. The number of likely N-dealkylation sites (tertiary alicyclic amines) is 1. The number of allylic oxidation sites excluding steroid dienone is 3. The second-order valence-electron chi connectivity index (χ2n) is 11.1. The van der Waals surface area contributed by atoms with E-state index in [2.05, 4.69) is 104 Å². The predicted octanol–water partition coefficient (Wildman–Crippen LogP) is 11.8. The SMILES string of the molecule is C=C(C)N=C(C)C=C(C)C.CC.CCCC(CC)CCC.CCN1CCC(C)C1.CCc1cc(C)ccc1C. The average Bonchev–Trinajstić information content (AvgIpc) is 3.32. The fourth-order valence-electron chi connectivity index (χ4n) is 4.61. The first-order valence-corrected chi connectivity index (χ1v) is 16.1. The first kappa shape index (κ1) is 41.8. The van der Waals surface area contributed by atoms with E-state index in [1.807, 2.05) is 33.8 Å². The maximum absolute atomic E-state index is 4.16. The van der Waals surface area contributed by atoms with E-state index in [0.29, 0.717) is 0 Å². The molecule has 2 heteroatoms. The summed E-state index contributed by atoms with van der Waals surface area (Å²) in [5.74, 6) is 1.97. The van der Waals surface area contributed by atoms with Crippen LogP contribution in [-0.2, 0) is 6.42 Å². The van der Waals surface area contributed by atoms with Gasteiger partial charge in [0.05, 0.1) is 0 Å². The van der Waals surface area contributed by atoms with Crippen LogP contribution in [0.25, 0.3) is 0 Å². The molecule has 1 heterocycles. The zero-order valence-corrected chi connectivity index (χ0v) is 29.1. The van der Waals surface area contributed by atoms with E-state index in [1.54, 1.807) is 0 Å². The Morgan fingerprint density at radius 3 is 1.87 bits per heavy atom. The number of aryl methyl sites for hydroxylation is 3. The molecular weight excluding hydrogens is 472 g/mol. The minimum absolute atomic E-state index is 0.856. The van der Waals surface area contributed by atoms with Crippen LogP contribution in [0.3, 0.4) is 0 Å². The molecule has 2 rings (SSSR count). The van der Waals surface area contributed by atoms with Gasteiger partial charge in [0.15, 0.2) is 0 Å². The van der Waals surface area contributed by atoms with Gasteiger partial charge in [-0.05, 0) is 96.5 Å². The Hall–Kier alpha value is -1.67. The number of hydrogen-bond acceptors (Lipinski definition) is 2. The van der Waals surface area contributed by atoms with E-state index in [0.717, 1.165) is 29.7 Å². The molecule has 0 aromatic heterocycles. The van der Waals surface area contributed by atoms with Gasteiger partial charge >= 0.3 is 0 Å². The van der Waals surface area contributed by atoms with Crippen molar-refractivity contribution < 1.29 is 0 Å². The summed E-state index contributed by atoms with van der Waals surface area (Å²) in [5, 5.41) is 0. The van der Waals surface area contributed by atoms with Crippen LogP contribution in [0.4, 0.5) is 0 Å². The van der Waals surface area contributed by atoms with E-state index >= 15 is 0 Å². The lowest BCUT2D eigenvalue weighted by molar-refractivity contribution is 0.346. The fourth-order valence-corrected chi connectivity index (χ4v) is 4.61. The average molecular weight is 543 g/mol. The zero-order valence-electron chi connectivity index (χ0n) is 29.1. The molecule has 1 aromatic rings. The van der Waals surface area contributed by atoms with Crippen molar-refractivity contribution in [2.45, 2.75) is 142 Å². The molecule has 0 amide bonds. The van der Waals surface area contributed by atoms with Gasteiger partial charge in [0, 0.05) is 18.0 Å². The zero-order chi connectivity index (χ0) is 30.8. The highest BCUT2D eigenvalue weighted by Gasteiger charge is 2.15. The Morgan fingerprint density at radius 1 is 1.00 bits per heavy atom. The summed E-state index contributed by atoms with van der Waals surface area (Å²) in [6.07, 6.45) is 11.6. The molecule has 1 aliphatic heterocycles. The van der Waals surface area contributed by atoms with Crippen molar-refractivity contribution >= 4 is 5.71 Å². The van der Waals surface area contributed by atoms with Gasteiger partial charge in [0.25, 0.3) is 0 Å². The molecule has 0 bridgehead atoms. The third-order valence-corrected chi connectivity index (χ3v) is 6.68. The highest BCUT2D eigenvalue weighted by atomic mass is 15.1. The quantitative estimate of drug-likeness (QED) is 0.283. The smallest absolute Gasteiger partial charge is 0.0374 e. The number of nitrogens with zero attached hydrogens (tertiary/aromatic N) is 2. The topological polar surface area (TPSA) is 15.6 Å². The molecular formula is C37H70N2. The van der Waals surface area contributed by atoms with Crippen LogP contribution in [-0.4, -0.2) is 30.2 Å². The summed E-state index contributed by atoms with van der Waals surface area (Å²) in [7, 11) is 0. The van der Waals surface area contributed by atoms with Crippen molar-refractivity contribution in [1.29, 1.82) is 0 Å². The third-order valence-electron chi connectivity index (χ3n) is 6.68. The Balaban J connectivity index is -0.000000434. The first-order valence-electron chi connectivity index (χ1n) is 16.1. The van der Waals surface area contributed by atoms with Gasteiger partial charge in [-0.3, -0.25) is 4.99 Å². The summed E-state index contributed by atoms with van der Waals surface area (Å²) < 4.78 is 0. The molecule has 228 valence electrons. The molecule has 0 spiro atoms. The van der Waals surface area contributed by atoms with Crippen molar-refractivity contribution in [3.8, 4) is 0 Å². The van der Waals surface area contributed by atoms with Crippen molar-refractivity contribution in [3.05, 3.63) is 58.8 Å². The monoisotopic (exact) mass is 543 g/mol. The van der Waals surface area contributed by atoms with Crippen molar-refractivity contribution in [2.24, 2.45) is 16.8 Å². The molecule has 1 aliphatic rings. The molecule has 2 nitrogen and oxygen atoms in total. The molecule has 1 aromatic carbocycles. The van der Waals surface area contributed by atoms with Crippen molar-refractivity contribution in [3.63, 3.8) is 0 Å². The number of rotatable bonds is 9. The summed E-state index contributed by atoms with van der Waals surface area (Å²) >= 11 is 0. The fraction of sp³-hybridized carbons (Fsp3) is 0.703. The molecule has 0 radical (unpaired) electrons. The first-order chi connectivity index (χ1) is 18.4. The van der Waals surface area contributed by atoms with Gasteiger partial charge in [-0.25, -0.2) is 0 Å². The Kier molecular flexibility index (Phi) is 29.9. The minimum Gasteiger partial charge on any atom is -0.303 e. The highest BCUT2D eigenvalue weighted by molar-refractivity contribution is 5.93. The van der Waals surface area contributed by atoms with Crippen LogP contribution in [0.15, 0.2) is 47.1 Å². The minimum atomic E-state index is 0.856. The lowest BCUT2D eigenvalue weighted by Gasteiger charge is -2.10. The Bertz CT molecular complexity index is 762. The molecule has 1 saturated heterocycles. The Morgan fingerprint density at radius 2 is 1.56 bits per heavy atom. The lowest BCUT2D eigenvalue weighted by atomic mass is 9.96. The predicted molar refractivity (Wildman–Crippen MR) is 183 cm³/mol. The number of hydrogen-bond donors (Lipinski definition) is 0. The van der Waals surface area contributed by atoms with Crippen LogP contribution < -0.4 is 0 Å². The largest absolute Gasteiger partial charge is 0.303 e. The summed E-state index contributed by atoms with van der Waals surface area (Å²) in [6, 6.07) is 6.61. The number of aliphatic imine (C=N–C) groups is 1. The van der Waals surface area contributed by atoms with E-state index in [4.69, 9.17) is 0 Å². The van der Waals surface area contributed by atoms with Gasteiger partial charge in [-0.1, -0.05) is 123 Å². The lowest BCUT2D eigenvalue weighted by Crippen LogP contribution is -2.18. The van der Waals surface area contributed by atoms with Crippen LogP contribution in [0, 0.1) is 25.7 Å².